The molecule has 0 bridgehead atoms. The number of likely N-dealkylation sites (tertiary alicyclic amines) is 1. The second-order valence-electron chi connectivity index (χ2n) is 12.2. The molecule has 0 aliphatic carbocycles. The van der Waals surface area contributed by atoms with Gasteiger partial charge in [0.15, 0.2) is 0 Å². The molecule has 45 heavy (non-hydrogen) atoms. The number of para-hydroxylation sites is 1. The Morgan fingerprint density at radius 3 is 2.27 bits per heavy atom. The summed E-state index contributed by atoms with van der Waals surface area (Å²) in [5, 5.41) is 5.36. The number of unbranched alkanes of at least 4 members (excludes halogenated alkanes) is 1. The number of amides is 3. The first-order valence-corrected chi connectivity index (χ1v) is 15.5. The van der Waals surface area contributed by atoms with Crippen molar-refractivity contribution in [3.8, 4) is 11.5 Å². The number of ketones is 1. The third-order valence-corrected chi connectivity index (χ3v) is 8.02. The maximum Gasteiger partial charge on any atom is 0.408 e. The van der Waals surface area contributed by atoms with Gasteiger partial charge in [0.1, 0.15) is 23.6 Å². The zero-order valence-electron chi connectivity index (χ0n) is 26.5. The maximum absolute atomic E-state index is 13.3. The molecule has 3 atom stereocenters. The second kappa shape index (κ2) is 15.4. The smallest absolute Gasteiger partial charge is 0.408 e. The molecule has 0 saturated carbocycles. The SMILES string of the molecule is CCCC[C@H](NC(=O)O[C@H]1CN(C(=O)Cc2cccc(Oc3ccccc3)c2)CC1(C)C)C(=O)C(=O)N[C@H](C)c1ccccc1. The van der Waals surface area contributed by atoms with Crippen LogP contribution in [0.2, 0.25) is 0 Å². The summed E-state index contributed by atoms with van der Waals surface area (Å²) in [6.07, 6.45) is 0.535. The zero-order valence-corrected chi connectivity index (χ0v) is 26.5. The minimum atomic E-state index is -1.02. The minimum absolute atomic E-state index is 0.0911. The Morgan fingerprint density at radius 1 is 0.911 bits per heavy atom. The predicted octanol–water partition coefficient (Wildman–Crippen LogP) is 5.99. The van der Waals surface area contributed by atoms with Gasteiger partial charge in [-0.25, -0.2) is 4.79 Å². The van der Waals surface area contributed by atoms with Crippen LogP contribution in [0.1, 0.15) is 64.1 Å². The Labute approximate surface area is 265 Å². The van der Waals surface area contributed by atoms with Crippen LogP contribution in [0, 0.1) is 5.41 Å². The van der Waals surface area contributed by atoms with Crippen molar-refractivity contribution in [2.24, 2.45) is 5.41 Å². The molecule has 4 rings (SSSR count). The van der Waals surface area contributed by atoms with Gasteiger partial charge in [0.25, 0.3) is 5.91 Å². The molecular weight excluding hydrogens is 570 g/mol. The van der Waals surface area contributed by atoms with Crippen LogP contribution in [0.4, 0.5) is 4.79 Å². The van der Waals surface area contributed by atoms with Crippen LogP contribution in [0.3, 0.4) is 0 Å². The van der Waals surface area contributed by atoms with Gasteiger partial charge < -0.3 is 25.0 Å². The van der Waals surface area contributed by atoms with E-state index < -0.39 is 35.3 Å². The molecule has 238 valence electrons. The summed E-state index contributed by atoms with van der Waals surface area (Å²) in [6, 6.07) is 24.8. The highest BCUT2D eigenvalue weighted by molar-refractivity contribution is 6.38. The minimum Gasteiger partial charge on any atom is -0.457 e. The lowest BCUT2D eigenvalue weighted by molar-refractivity contribution is -0.139. The normalized spacial score (nSPS) is 16.7. The summed E-state index contributed by atoms with van der Waals surface area (Å²) in [7, 11) is 0. The van der Waals surface area contributed by atoms with Gasteiger partial charge in [-0.3, -0.25) is 14.4 Å². The van der Waals surface area contributed by atoms with Crippen LogP contribution < -0.4 is 15.4 Å². The lowest BCUT2D eigenvalue weighted by Gasteiger charge is -2.26. The molecule has 3 aromatic rings. The third-order valence-electron chi connectivity index (χ3n) is 8.02. The Balaban J connectivity index is 1.33. The van der Waals surface area contributed by atoms with E-state index in [9.17, 15) is 19.2 Å². The molecule has 1 aliphatic rings. The number of Topliss-reactive ketones (excluding diaryl/α,β-unsaturated/α-hetero) is 1. The summed E-state index contributed by atoms with van der Waals surface area (Å²) < 4.78 is 11.7. The first-order chi connectivity index (χ1) is 21.6. The van der Waals surface area contributed by atoms with Crippen LogP contribution in [-0.4, -0.2) is 53.8 Å². The quantitative estimate of drug-likeness (QED) is 0.229. The zero-order chi connectivity index (χ0) is 32.4. The highest BCUT2D eigenvalue weighted by atomic mass is 16.6. The molecule has 0 radical (unpaired) electrons. The molecule has 1 aliphatic heterocycles. The van der Waals surface area contributed by atoms with Crippen molar-refractivity contribution in [2.75, 3.05) is 13.1 Å². The standard InChI is InChI=1S/C36H43N3O6/c1-5-6-20-30(33(41)34(42)37-25(2)27-15-9-7-10-16-27)38-35(43)45-31-23-39(24-36(31,3)4)32(40)22-26-14-13-19-29(21-26)44-28-17-11-8-12-18-28/h7-19,21,25,30-31H,5-6,20,22-24H2,1-4H3,(H,37,42)(H,38,43)/t25-,30+,31+/m1/s1. The fraction of sp³-hybridized carbons (Fsp3) is 0.389. The Bertz CT molecular complexity index is 1460. The molecule has 1 saturated heterocycles. The maximum atomic E-state index is 13.3. The molecule has 9 heteroatoms. The molecule has 3 amide bonds. The number of ether oxygens (including phenoxy) is 2. The van der Waals surface area contributed by atoms with Gasteiger partial charge in [0, 0.05) is 12.0 Å². The third kappa shape index (κ3) is 9.41. The van der Waals surface area contributed by atoms with Crippen LogP contribution in [0.15, 0.2) is 84.9 Å². The molecule has 3 aromatic carbocycles. The number of benzene rings is 3. The van der Waals surface area contributed by atoms with Crippen molar-refractivity contribution in [1.82, 2.24) is 15.5 Å². The number of hydrogen-bond donors (Lipinski definition) is 2. The number of hydrogen-bond acceptors (Lipinski definition) is 6. The van der Waals surface area contributed by atoms with E-state index in [-0.39, 0.29) is 24.9 Å². The van der Waals surface area contributed by atoms with Gasteiger partial charge in [-0.05, 0) is 48.7 Å². The topological polar surface area (TPSA) is 114 Å². The summed E-state index contributed by atoms with van der Waals surface area (Å²) in [6.45, 7) is 8.27. The van der Waals surface area contributed by atoms with Crippen molar-refractivity contribution < 1.29 is 28.7 Å². The van der Waals surface area contributed by atoms with Gasteiger partial charge in [-0.2, -0.15) is 0 Å². The van der Waals surface area contributed by atoms with Crippen LogP contribution >= 0.6 is 0 Å². The fourth-order valence-electron chi connectivity index (χ4n) is 5.36. The molecule has 1 fully saturated rings. The van der Waals surface area contributed by atoms with E-state index >= 15 is 0 Å². The second-order valence-corrected chi connectivity index (χ2v) is 12.2. The van der Waals surface area contributed by atoms with Crippen molar-refractivity contribution in [2.45, 2.75) is 71.6 Å². The average molecular weight is 614 g/mol. The van der Waals surface area contributed by atoms with E-state index in [0.29, 0.717) is 30.9 Å². The van der Waals surface area contributed by atoms with Crippen LogP contribution in [0.25, 0.3) is 0 Å². The average Bonchev–Trinajstić information content (AvgIpc) is 3.33. The number of alkyl carbamates (subject to hydrolysis) is 1. The lowest BCUT2D eigenvalue weighted by Crippen LogP contribution is -2.49. The van der Waals surface area contributed by atoms with Crippen LogP contribution in [0.5, 0.6) is 11.5 Å². The van der Waals surface area contributed by atoms with E-state index in [1.54, 1.807) is 11.8 Å². The molecular formula is C36H43N3O6. The molecule has 9 nitrogen and oxygen atoms in total. The largest absolute Gasteiger partial charge is 0.457 e. The van der Waals surface area contributed by atoms with E-state index in [1.165, 1.54) is 0 Å². The lowest BCUT2D eigenvalue weighted by atomic mass is 9.90. The van der Waals surface area contributed by atoms with E-state index in [4.69, 9.17) is 9.47 Å². The Kier molecular flexibility index (Phi) is 11.4. The van der Waals surface area contributed by atoms with Crippen molar-refractivity contribution in [3.05, 3.63) is 96.1 Å². The van der Waals surface area contributed by atoms with Gasteiger partial charge in [-0.1, -0.05) is 94.3 Å². The van der Waals surface area contributed by atoms with E-state index in [1.807, 2.05) is 106 Å². The van der Waals surface area contributed by atoms with E-state index in [0.717, 1.165) is 17.5 Å². The summed E-state index contributed by atoms with van der Waals surface area (Å²) in [5.41, 5.74) is 1.16. The highest BCUT2D eigenvalue weighted by Gasteiger charge is 2.44. The molecule has 2 N–H and O–H groups in total. The van der Waals surface area contributed by atoms with Gasteiger partial charge in [0.05, 0.1) is 19.0 Å². The number of rotatable bonds is 13. The van der Waals surface area contributed by atoms with Gasteiger partial charge >= 0.3 is 6.09 Å². The summed E-state index contributed by atoms with van der Waals surface area (Å²) in [5.74, 6) is -0.220. The van der Waals surface area contributed by atoms with Gasteiger partial charge in [0.2, 0.25) is 11.7 Å². The van der Waals surface area contributed by atoms with Crippen molar-refractivity contribution in [3.63, 3.8) is 0 Å². The number of carbonyl (C=O) groups excluding carboxylic acids is 4. The summed E-state index contributed by atoms with van der Waals surface area (Å²) in [4.78, 5) is 54.0. The first kappa shape index (κ1) is 33.2. The van der Waals surface area contributed by atoms with Crippen LogP contribution in [-0.2, 0) is 25.5 Å². The van der Waals surface area contributed by atoms with Crippen molar-refractivity contribution in [1.29, 1.82) is 0 Å². The molecule has 0 unspecified atom stereocenters. The Morgan fingerprint density at radius 2 is 1.58 bits per heavy atom. The monoisotopic (exact) mass is 613 g/mol. The Hall–Kier alpha value is -4.66. The summed E-state index contributed by atoms with van der Waals surface area (Å²) >= 11 is 0. The van der Waals surface area contributed by atoms with E-state index in [2.05, 4.69) is 10.6 Å². The number of nitrogens with one attached hydrogen (secondary N) is 2. The predicted molar refractivity (Wildman–Crippen MR) is 172 cm³/mol. The van der Waals surface area contributed by atoms with Gasteiger partial charge in [-0.15, -0.1) is 0 Å². The fourth-order valence-corrected chi connectivity index (χ4v) is 5.36. The highest BCUT2D eigenvalue weighted by Crippen LogP contribution is 2.33. The number of carbonyl (C=O) groups is 4. The molecule has 1 heterocycles. The molecule has 0 spiro atoms. The van der Waals surface area contributed by atoms with Crippen molar-refractivity contribution >= 4 is 23.7 Å². The number of nitrogens with zero attached hydrogens (tertiary/aromatic N) is 1. The first-order valence-electron chi connectivity index (χ1n) is 15.5. The molecule has 0 aromatic heterocycles.